The van der Waals surface area contributed by atoms with Gasteiger partial charge >= 0.3 is 0 Å². The second-order valence-corrected chi connectivity index (χ2v) is 5.16. The average Bonchev–Trinajstić information content (AvgIpc) is 2.42. The van der Waals surface area contributed by atoms with Crippen LogP contribution in [0.25, 0.3) is 0 Å². The zero-order chi connectivity index (χ0) is 13.7. The highest BCUT2D eigenvalue weighted by molar-refractivity contribution is 9.10. The van der Waals surface area contributed by atoms with Crippen LogP contribution in [0.5, 0.6) is 0 Å². The molecule has 2 nitrogen and oxygen atoms in total. The summed E-state index contributed by atoms with van der Waals surface area (Å²) in [5, 5.41) is 0. The number of halogens is 2. The van der Waals surface area contributed by atoms with Gasteiger partial charge in [-0.25, -0.2) is 4.39 Å². The monoisotopic (exact) mass is 321 g/mol. The molecular formula is C15H13BrFNO. The van der Waals surface area contributed by atoms with E-state index in [9.17, 15) is 9.18 Å². The van der Waals surface area contributed by atoms with Crippen molar-refractivity contribution in [3.05, 3.63) is 64.1 Å². The molecule has 98 valence electrons. The Kier molecular flexibility index (Phi) is 4.80. The Hall–Kier alpha value is -1.55. The van der Waals surface area contributed by atoms with Gasteiger partial charge in [0.25, 0.3) is 0 Å². The molecule has 4 heteroatoms. The van der Waals surface area contributed by atoms with Crippen molar-refractivity contribution in [2.24, 2.45) is 0 Å². The van der Waals surface area contributed by atoms with Crippen LogP contribution in [0.2, 0.25) is 0 Å². The highest BCUT2D eigenvalue weighted by Gasteiger charge is 2.08. The van der Waals surface area contributed by atoms with Crippen molar-refractivity contribution in [3.8, 4) is 0 Å². The molecule has 0 fully saturated rings. The fraction of sp³-hybridized carbons (Fsp3) is 0.200. The van der Waals surface area contributed by atoms with Gasteiger partial charge in [-0.3, -0.25) is 9.78 Å². The van der Waals surface area contributed by atoms with Crippen molar-refractivity contribution < 1.29 is 9.18 Å². The van der Waals surface area contributed by atoms with Gasteiger partial charge in [0.1, 0.15) is 11.6 Å². The topological polar surface area (TPSA) is 30.0 Å². The van der Waals surface area contributed by atoms with Crippen molar-refractivity contribution in [2.75, 3.05) is 0 Å². The highest BCUT2D eigenvalue weighted by Crippen LogP contribution is 2.19. The number of Topliss-reactive ketones (excluding diaryl/α,β-unsaturated/α-hetero) is 1. The number of hydrogen-bond acceptors (Lipinski definition) is 2. The predicted octanol–water partition coefficient (Wildman–Crippen LogP) is 3.73. The summed E-state index contributed by atoms with van der Waals surface area (Å²) in [7, 11) is 0. The second-order valence-electron chi connectivity index (χ2n) is 4.31. The van der Waals surface area contributed by atoms with Gasteiger partial charge in [0.2, 0.25) is 0 Å². The molecule has 0 aliphatic heterocycles. The first kappa shape index (κ1) is 13.9. The summed E-state index contributed by atoms with van der Waals surface area (Å²) < 4.78 is 13.9. The minimum absolute atomic E-state index is 0.100. The quantitative estimate of drug-likeness (QED) is 0.840. The number of rotatable bonds is 5. The van der Waals surface area contributed by atoms with Crippen LogP contribution < -0.4 is 0 Å². The van der Waals surface area contributed by atoms with Gasteiger partial charge in [-0.15, -0.1) is 0 Å². The van der Waals surface area contributed by atoms with Crippen LogP contribution in [0, 0.1) is 5.82 Å². The van der Waals surface area contributed by atoms with Crippen LogP contribution in [-0.2, 0) is 17.6 Å². The largest absolute Gasteiger partial charge is 0.299 e. The maximum atomic E-state index is 13.1. The third-order valence-corrected chi connectivity index (χ3v) is 3.61. The molecule has 0 atom stereocenters. The van der Waals surface area contributed by atoms with Crippen molar-refractivity contribution in [2.45, 2.75) is 19.3 Å². The first-order chi connectivity index (χ1) is 9.15. The first-order valence-corrected chi connectivity index (χ1v) is 6.79. The number of nitrogens with zero attached hydrogens (tertiary/aromatic N) is 1. The van der Waals surface area contributed by atoms with E-state index in [0.29, 0.717) is 18.4 Å². The van der Waals surface area contributed by atoms with Gasteiger partial charge in [-0.05, 0) is 47.9 Å². The molecule has 1 aromatic heterocycles. The Labute approximate surface area is 119 Å². The van der Waals surface area contributed by atoms with Gasteiger partial charge in [-0.1, -0.05) is 15.9 Å². The van der Waals surface area contributed by atoms with E-state index in [1.165, 1.54) is 12.1 Å². The average molecular weight is 322 g/mol. The molecule has 1 aromatic carbocycles. The van der Waals surface area contributed by atoms with Crippen molar-refractivity contribution in [1.29, 1.82) is 0 Å². The summed E-state index contributed by atoms with van der Waals surface area (Å²) in [6.45, 7) is 0. The molecule has 0 saturated heterocycles. The van der Waals surface area contributed by atoms with E-state index in [1.54, 1.807) is 18.5 Å². The summed E-state index contributed by atoms with van der Waals surface area (Å²) in [5.74, 6) is -0.219. The highest BCUT2D eigenvalue weighted by atomic mass is 79.9. The summed E-state index contributed by atoms with van der Waals surface area (Å²) in [6, 6.07) is 8.18. The minimum atomic E-state index is -0.319. The van der Waals surface area contributed by atoms with Gasteiger partial charge in [0.15, 0.2) is 0 Å². The summed E-state index contributed by atoms with van der Waals surface area (Å²) in [5.41, 5.74) is 1.78. The standard InChI is InChI=1S/C15H13BrFNO/c16-15-4-2-13(17)9-12(15)10-14(19)3-1-11-5-7-18-8-6-11/h2,4-9H,1,3,10H2. The summed E-state index contributed by atoms with van der Waals surface area (Å²) in [6.07, 6.45) is 4.82. The molecule has 0 saturated carbocycles. The number of carbonyl (C=O) groups excluding carboxylic acids is 1. The van der Waals surface area contributed by atoms with Crippen molar-refractivity contribution >= 4 is 21.7 Å². The number of aromatic nitrogens is 1. The normalized spacial score (nSPS) is 10.4. The molecule has 0 bridgehead atoms. The molecule has 2 aromatic rings. The second kappa shape index (κ2) is 6.57. The third-order valence-electron chi connectivity index (χ3n) is 2.84. The number of benzene rings is 1. The SMILES string of the molecule is O=C(CCc1ccncc1)Cc1cc(F)ccc1Br. The van der Waals surface area contributed by atoms with Crippen LogP contribution in [0.1, 0.15) is 17.5 Å². The van der Waals surface area contributed by atoms with E-state index in [-0.39, 0.29) is 18.0 Å². The Morgan fingerprint density at radius 2 is 1.95 bits per heavy atom. The zero-order valence-corrected chi connectivity index (χ0v) is 11.9. The molecule has 1 heterocycles. The predicted molar refractivity (Wildman–Crippen MR) is 75.4 cm³/mol. The lowest BCUT2D eigenvalue weighted by Gasteiger charge is -2.04. The summed E-state index contributed by atoms with van der Waals surface area (Å²) >= 11 is 3.33. The molecule has 0 aliphatic rings. The first-order valence-electron chi connectivity index (χ1n) is 5.99. The lowest BCUT2D eigenvalue weighted by molar-refractivity contribution is -0.118. The number of aryl methyl sites for hydroxylation is 1. The van der Waals surface area contributed by atoms with E-state index in [0.717, 1.165) is 10.0 Å². The van der Waals surface area contributed by atoms with Crippen molar-refractivity contribution in [1.82, 2.24) is 4.98 Å². The molecule has 0 aliphatic carbocycles. The molecule has 0 spiro atoms. The Balaban J connectivity index is 1.93. The van der Waals surface area contributed by atoms with Crippen LogP contribution >= 0.6 is 15.9 Å². The van der Waals surface area contributed by atoms with Gasteiger partial charge in [0, 0.05) is 29.7 Å². The maximum Gasteiger partial charge on any atom is 0.137 e. The number of pyridine rings is 1. The van der Waals surface area contributed by atoms with Crippen LogP contribution in [0.4, 0.5) is 4.39 Å². The molecular weight excluding hydrogens is 309 g/mol. The summed E-state index contributed by atoms with van der Waals surface area (Å²) in [4.78, 5) is 15.8. The lowest BCUT2D eigenvalue weighted by Crippen LogP contribution is -2.05. The molecule has 0 amide bonds. The van der Waals surface area contributed by atoms with Gasteiger partial charge in [0.05, 0.1) is 0 Å². The number of hydrogen-bond donors (Lipinski definition) is 0. The van der Waals surface area contributed by atoms with E-state index in [2.05, 4.69) is 20.9 Å². The number of ketones is 1. The van der Waals surface area contributed by atoms with E-state index in [1.807, 2.05) is 12.1 Å². The van der Waals surface area contributed by atoms with Crippen molar-refractivity contribution in [3.63, 3.8) is 0 Å². The number of carbonyl (C=O) groups is 1. The fourth-order valence-corrected chi connectivity index (χ4v) is 2.20. The fourth-order valence-electron chi connectivity index (χ4n) is 1.81. The Morgan fingerprint density at radius 1 is 1.21 bits per heavy atom. The maximum absolute atomic E-state index is 13.1. The molecule has 19 heavy (non-hydrogen) atoms. The van der Waals surface area contributed by atoms with E-state index < -0.39 is 0 Å². The Bertz CT molecular complexity index is 572. The van der Waals surface area contributed by atoms with Gasteiger partial charge < -0.3 is 0 Å². The molecule has 0 radical (unpaired) electrons. The lowest BCUT2D eigenvalue weighted by atomic mass is 10.0. The van der Waals surface area contributed by atoms with Crippen LogP contribution in [0.15, 0.2) is 47.2 Å². The molecule has 0 unspecified atom stereocenters. The van der Waals surface area contributed by atoms with Crippen LogP contribution in [0.3, 0.4) is 0 Å². The van der Waals surface area contributed by atoms with Gasteiger partial charge in [-0.2, -0.15) is 0 Å². The minimum Gasteiger partial charge on any atom is -0.299 e. The van der Waals surface area contributed by atoms with E-state index >= 15 is 0 Å². The molecule has 2 rings (SSSR count). The Morgan fingerprint density at radius 3 is 2.68 bits per heavy atom. The third kappa shape index (κ3) is 4.24. The van der Waals surface area contributed by atoms with E-state index in [4.69, 9.17) is 0 Å². The smallest absolute Gasteiger partial charge is 0.137 e. The van der Waals surface area contributed by atoms with Crippen LogP contribution in [-0.4, -0.2) is 10.8 Å². The zero-order valence-electron chi connectivity index (χ0n) is 10.3. The molecule has 0 N–H and O–H groups in total.